The molecule has 1 aromatic carbocycles. The minimum absolute atomic E-state index is 0.0395. The number of fused-ring (bicyclic) bond motifs is 2. The highest BCUT2D eigenvalue weighted by Gasteiger charge is 2.51. The second-order valence-electron chi connectivity index (χ2n) is 9.94. The molecule has 0 radical (unpaired) electrons. The van der Waals surface area contributed by atoms with Gasteiger partial charge in [-0.1, -0.05) is 32.9 Å². The highest BCUT2D eigenvalue weighted by molar-refractivity contribution is 5.76. The van der Waals surface area contributed by atoms with E-state index in [4.69, 9.17) is 0 Å². The number of nitrogens with one attached hydrogen (secondary N) is 1. The molecule has 2 aromatic rings. The van der Waals surface area contributed by atoms with Gasteiger partial charge >= 0.3 is 5.69 Å². The van der Waals surface area contributed by atoms with E-state index >= 15 is 0 Å². The van der Waals surface area contributed by atoms with Crippen LogP contribution in [0.2, 0.25) is 0 Å². The first kappa shape index (κ1) is 19.6. The second-order valence-corrected chi connectivity index (χ2v) is 9.94. The summed E-state index contributed by atoms with van der Waals surface area (Å²) >= 11 is 0. The predicted molar refractivity (Wildman–Crippen MR) is 115 cm³/mol. The number of hydrogen-bond acceptors (Lipinski definition) is 6. The predicted octanol–water partition coefficient (Wildman–Crippen LogP) is 5.15. The van der Waals surface area contributed by atoms with Gasteiger partial charge in [-0.2, -0.15) is 0 Å². The van der Waals surface area contributed by atoms with E-state index in [-0.39, 0.29) is 33.3 Å². The molecule has 1 saturated heterocycles. The molecule has 2 bridgehead atoms. The molecule has 7 heteroatoms. The zero-order chi connectivity index (χ0) is 21.0. The van der Waals surface area contributed by atoms with E-state index in [1.165, 1.54) is 6.33 Å². The molecule has 4 rings (SSSR count). The molecule has 0 amide bonds. The molecule has 1 aromatic heterocycles. The number of nitrogens with zero attached hydrogens (tertiary/aromatic N) is 4. The Labute approximate surface area is 171 Å². The Balaban J connectivity index is 1.75. The van der Waals surface area contributed by atoms with Gasteiger partial charge in [-0.3, -0.25) is 10.1 Å². The molecule has 2 atom stereocenters. The standard InChI is InChI=1S/C22H29N5O2/c1-14-6-7-15(2)17(8-14)25-19-18(27(28)29)20(24-13-23-19)26-12-22(5)10-16(26)9-21(3,4)11-22/h6-8,13,16H,9-12H2,1-5H3,(H,23,24,25). The third-order valence-electron chi connectivity index (χ3n) is 6.32. The van der Waals surface area contributed by atoms with Crippen molar-refractivity contribution < 1.29 is 4.92 Å². The maximum absolute atomic E-state index is 12.1. The van der Waals surface area contributed by atoms with Crippen LogP contribution in [-0.4, -0.2) is 27.5 Å². The van der Waals surface area contributed by atoms with E-state index in [2.05, 4.69) is 41.0 Å². The summed E-state index contributed by atoms with van der Waals surface area (Å²) in [6.45, 7) is 11.6. The van der Waals surface area contributed by atoms with Crippen LogP contribution in [0.1, 0.15) is 51.2 Å². The Morgan fingerprint density at radius 1 is 1.21 bits per heavy atom. The van der Waals surface area contributed by atoms with Crippen molar-refractivity contribution in [3.05, 3.63) is 45.8 Å². The first-order chi connectivity index (χ1) is 13.6. The second kappa shape index (κ2) is 6.68. The molecule has 2 unspecified atom stereocenters. The Bertz CT molecular complexity index is 974. The van der Waals surface area contributed by atoms with E-state index in [0.29, 0.717) is 5.82 Å². The number of benzene rings is 1. The van der Waals surface area contributed by atoms with Crippen molar-refractivity contribution in [3.63, 3.8) is 0 Å². The van der Waals surface area contributed by atoms with Crippen molar-refractivity contribution in [1.29, 1.82) is 0 Å². The topological polar surface area (TPSA) is 84.2 Å². The fraction of sp³-hybridized carbons (Fsp3) is 0.545. The summed E-state index contributed by atoms with van der Waals surface area (Å²) in [6.07, 6.45) is 4.63. The van der Waals surface area contributed by atoms with Crippen LogP contribution in [-0.2, 0) is 0 Å². The average Bonchev–Trinajstić information content (AvgIpc) is 2.86. The first-order valence-electron chi connectivity index (χ1n) is 10.2. The van der Waals surface area contributed by atoms with Crippen molar-refractivity contribution in [2.45, 2.75) is 59.9 Å². The lowest BCUT2D eigenvalue weighted by Gasteiger charge is -2.39. The molecular formula is C22H29N5O2. The Morgan fingerprint density at radius 3 is 2.69 bits per heavy atom. The molecule has 2 fully saturated rings. The van der Waals surface area contributed by atoms with Gasteiger partial charge in [0.2, 0.25) is 11.6 Å². The zero-order valence-corrected chi connectivity index (χ0v) is 17.8. The minimum atomic E-state index is -0.349. The number of aryl methyl sites for hydroxylation is 2. The summed E-state index contributed by atoms with van der Waals surface area (Å²) < 4.78 is 0. The van der Waals surface area contributed by atoms with E-state index in [9.17, 15) is 10.1 Å². The van der Waals surface area contributed by atoms with Gasteiger partial charge in [0.25, 0.3) is 0 Å². The number of aromatic nitrogens is 2. The van der Waals surface area contributed by atoms with Crippen LogP contribution in [0.4, 0.5) is 23.0 Å². The number of anilines is 3. The van der Waals surface area contributed by atoms with Gasteiger partial charge in [0.1, 0.15) is 6.33 Å². The lowest BCUT2D eigenvalue weighted by atomic mass is 9.65. The monoisotopic (exact) mass is 395 g/mol. The smallest absolute Gasteiger partial charge is 0.347 e. The van der Waals surface area contributed by atoms with Crippen molar-refractivity contribution >= 4 is 23.0 Å². The van der Waals surface area contributed by atoms with Crippen LogP contribution < -0.4 is 10.2 Å². The summed E-state index contributed by atoms with van der Waals surface area (Å²) in [5.74, 6) is 0.684. The summed E-state index contributed by atoms with van der Waals surface area (Å²) in [7, 11) is 0. The maximum Gasteiger partial charge on any atom is 0.353 e. The number of nitro groups is 1. The SMILES string of the molecule is Cc1ccc(C)c(Nc2ncnc(N3CC4(C)CC3CC(C)(C)C4)c2[N+](=O)[O-])c1. The fourth-order valence-electron chi connectivity index (χ4n) is 5.54. The molecule has 1 aliphatic heterocycles. The van der Waals surface area contributed by atoms with Crippen LogP contribution in [0.25, 0.3) is 0 Å². The van der Waals surface area contributed by atoms with Gasteiger partial charge in [0, 0.05) is 18.3 Å². The summed E-state index contributed by atoms with van der Waals surface area (Å²) in [5, 5.41) is 15.3. The van der Waals surface area contributed by atoms with E-state index < -0.39 is 0 Å². The van der Waals surface area contributed by atoms with E-state index in [1.54, 1.807) is 0 Å². The molecule has 7 nitrogen and oxygen atoms in total. The third kappa shape index (κ3) is 3.66. The Morgan fingerprint density at radius 2 is 1.97 bits per heavy atom. The highest BCUT2D eigenvalue weighted by Crippen LogP contribution is 2.54. The van der Waals surface area contributed by atoms with Gasteiger partial charge in [0.05, 0.1) is 4.92 Å². The summed E-state index contributed by atoms with van der Waals surface area (Å²) in [6, 6.07) is 6.27. The van der Waals surface area contributed by atoms with Crippen LogP contribution in [0.3, 0.4) is 0 Å². The minimum Gasteiger partial charge on any atom is -0.347 e. The van der Waals surface area contributed by atoms with Crippen molar-refractivity contribution in [1.82, 2.24) is 9.97 Å². The van der Waals surface area contributed by atoms with Crippen LogP contribution in [0.5, 0.6) is 0 Å². The first-order valence-corrected chi connectivity index (χ1v) is 10.2. The lowest BCUT2D eigenvalue weighted by molar-refractivity contribution is -0.383. The number of hydrogen-bond donors (Lipinski definition) is 1. The Kier molecular flexibility index (Phi) is 4.52. The van der Waals surface area contributed by atoms with Crippen molar-refractivity contribution in [2.24, 2.45) is 10.8 Å². The molecule has 1 N–H and O–H groups in total. The van der Waals surface area contributed by atoms with Crippen molar-refractivity contribution in [3.8, 4) is 0 Å². The quantitative estimate of drug-likeness (QED) is 0.569. The van der Waals surface area contributed by atoms with Gasteiger partial charge in [0.15, 0.2) is 0 Å². The third-order valence-corrected chi connectivity index (χ3v) is 6.32. The van der Waals surface area contributed by atoms with Crippen LogP contribution in [0, 0.1) is 34.8 Å². The van der Waals surface area contributed by atoms with Crippen LogP contribution >= 0.6 is 0 Å². The molecule has 2 heterocycles. The molecule has 1 aliphatic carbocycles. The normalized spacial score (nSPS) is 25.1. The highest BCUT2D eigenvalue weighted by atomic mass is 16.6. The van der Waals surface area contributed by atoms with Gasteiger partial charge in [-0.15, -0.1) is 0 Å². The molecule has 1 saturated carbocycles. The van der Waals surface area contributed by atoms with Gasteiger partial charge in [-0.25, -0.2) is 9.97 Å². The van der Waals surface area contributed by atoms with Gasteiger partial charge < -0.3 is 10.2 Å². The fourth-order valence-corrected chi connectivity index (χ4v) is 5.54. The molecule has 0 spiro atoms. The van der Waals surface area contributed by atoms with E-state index in [0.717, 1.165) is 42.6 Å². The molecule has 29 heavy (non-hydrogen) atoms. The molecule has 2 aliphatic rings. The summed E-state index contributed by atoms with van der Waals surface area (Å²) in [5.41, 5.74) is 3.27. The lowest BCUT2D eigenvalue weighted by Crippen LogP contribution is -2.35. The maximum atomic E-state index is 12.1. The van der Waals surface area contributed by atoms with Crippen LogP contribution in [0.15, 0.2) is 24.5 Å². The largest absolute Gasteiger partial charge is 0.353 e. The van der Waals surface area contributed by atoms with Crippen molar-refractivity contribution in [2.75, 3.05) is 16.8 Å². The molecular weight excluding hydrogens is 366 g/mol. The van der Waals surface area contributed by atoms with Gasteiger partial charge in [-0.05, 0) is 61.1 Å². The number of rotatable bonds is 4. The average molecular weight is 396 g/mol. The Hall–Kier alpha value is -2.70. The molecule has 154 valence electrons. The van der Waals surface area contributed by atoms with E-state index in [1.807, 2.05) is 32.0 Å². The zero-order valence-electron chi connectivity index (χ0n) is 17.8. The summed E-state index contributed by atoms with van der Waals surface area (Å²) in [4.78, 5) is 22.5.